The van der Waals surface area contributed by atoms with Crippen molar-refractivity contribution in [3.8, 4) is 0 Å². The van der Waals surface area contributed by atoms with Crippen molar-refractivity contribution in [2.24, 2.45) is 10.7 Å². The quantitative estimate of drug-likeness (QED) is 0.839. The first-order valence-electron chi connectivity index (χ1n) is 6.01. The minimum atomic E-state index is -0.0597. The lowest BCUT2D eigenvalue weighted by Crippen LogP contribution is -2.31. The van der Waals surface area contributed by atoms with Crippen LogP contribution in [0.5, 0.6) is 0 Å². The van der Waals surface area contributed by atoms with Crippen LogP contribution >= 0.6 is 12.4 Å². The molecule has 0 saturated heterocycles. The van der Waals surface area contributed by atoms with Crippen LogP contribution in [0, 0.1) is 0 Å². The average molecular weight is 252 g/mol. The number of halogens is 1. The predicted octanol–water partition coefficient (Wildman–Crippen LogP) is 1.60. The second-order valence-electron chi connectivity index (χ2n) is 4.51. The van der Waals surface area contributed by atoms with Crippen molar-refractivity contribution in [1.29, 1.82) is 0 Å². The van der Waals surface area contributed by atoms with Crippen molar-refractivity contribution < 1.29 is 0 Å². The SMILES string of the molecule is Cl.NC(C1=NCCN1)c1cccc2c1CCC2. The van der Waals surface area contributed by atoms with Crippen LogP contribution < -0.4 is 11.1 Å². The van der Waals surface area contributed by atoms with Gasteiger partial charge in [0, 0.05) is 6.54 Å². The lowest BCUT2D eigenvalue weighted by molar-refractivity contribution is 0.867. The van der Waals surface area contributed by atoms with Gasteiger partial charge in [-0.2, -0.15) is 0 Å². The van der Waals surface area contributed by atoms with Crippen LogP contribution in [0.25, 0.3) is 0 Å². The molecule has 1 unspecified atom stereocenters. The smallest absolute Gasteiger partial charge is 0.118 e. The average Bonchev–Trinajstić information content (AvgIpc) is 2.98. The minimum Gasteiger partial charge on any atom is -0.370 e. The first-order chi connectivity index (χ1) is 7.86. The Hall–Kier alpha value is -1.06. The largest absolute Gasteiger partial charge is 0.370 e. The predicted molar refractivity (Wildman–Crippen MR) is 72.9 cm³/mol. The Balaban J connectivity index is 0.00000108. The molecule has 0 aromatic heterocycles. The molecule has 0 amide bonds. The number of aliphatic imine (C=N–C) groups is 1. The molecular weight excluding hydrogens is 234 g/mol. The second-order valence-corrected chi connectivity index (χ2v) is 4.51. The van der Waals surface area contributed by atoms with Gasteiger partial charge in [0.05, 0.1) is 12.6 Å². The van der Waals surface area contributed by atoms with E-state index in [-0.39, 0.29) is 18.4 Å². The van der Waals surface area contributed by atoms with E-state index in [2.05, 4.69) is 28.5 Å². The van der Waals surface area contributed by atoms with E-state index in [0.717, 1.165) is 18.9 Å². The summed E-state index contributed by atoms with van der Waals surface area (Å²) in [4.78, 5) is 4.42. The van der Waals surface area contributed by atoms with Crippen molar-refractivity contribution in [1.82, 2.24) is 5.32 Å². The summed E-state index contributed by atoms with van der Waals surface area (Å²) in [5.74, 6) is 0.959. The molecule has 1 heterocycles. The van der Waals surface area contributed by atoms with Crippen molar-refractivity contribution in [3.05, 3.63) is 34.9 Å². The Labute approximate surface area is 108 Å². The van der Waals surface area contributed by atoms with Gasteiger partial charge in [-0.15, -0.1) is 12.4 Å². The van der Waals surface area contributed by atoms with E-state index >= 15 is 0 Å². The maximum absolute atomic E-state index is 6.28. The molecule has 3 nitrogen and oxygen atoms in total. The monoisotopic (exact) mass is 251 g/mol. The molecule has 1 aromatic carbocycles. The number of aryl methyl sites for hydroxylation is 1. The van der Waals surface area contributed by atoms with E-state index in [1.165, 1.54) is 36.0 Å². The normalized spacial score (nSPS) is 19.0. The molecule has 0 radical (unpaired) electrons. The van der Waals surface area contributed by atoms with Crippen LogP contribution in [0.15, 0.2) is 23.2 Å². The fourth-order valence-electron chi connectivity index (χ4n) is 2.71. The van der Waals surface area contributed by atoms with Crippen LogP contribution in [0.4, 0.5) is 0 Å². The summed E-state index contributed by atoms with van der Waals surface area (Å²) >= 11 is 0. The summed E-state index contributed by atoms with van der Waals surface area (Å²) in [5, 5.41) is 3.27. The van der Waals surface area contributed by atoms with Crippen molar-refractivity contribution in [2.75, 3.05) is 13.1 Å². The molecule has 1 aliphatic carbocycles. The van der Waals surface area contributed by atoms with Crippen LogP contribution in [0.2, 0.25) is 0 Å². The molecule has 1 aromatic rings. The van der Waals surface area contributed by atoms with E-state index in [9.17, 15) is 0 Å². The van der Waals surface area contributed by atoms with Gasteiger partial charge in [-0.25, -0.2) is 0 Å². The maximum Gasteiger partial charge on any atom is 0.118 e. The number of nitrogens with zero attached hydrogens (tertiary/aromatic N) is 1. The summed E-state index contributed by atoms with van der Waals surface area (Å²) in [5.41, 5.74) is 10.5. The van der Waals surface area contributed by atoms with Crippen molar-refractivity contribution >= 4 is 18.2 Å². The Morgan fingerprint density at radius 3 is 2.94 bits per heavy atom. The van der Waals surface area contributed by atoms with Gasteiger partial charge >= 0.3 is 0 Å². The van der Waals surface area contributed by atoms with Gasteiger partial charge < -0.3 is 11.1 Å². The number of fused-ring (bicyclic) bond motifs is 1. The number of nitrogens with one attached hydrogen (secondary N) is 1. The molecule has 3 N–H and O–H groups in total. The first-order valence-corrected chi connectivity index (χ1v) is 6.01. The zero-order valence-electron chi connectivity index (χ0n) is 9.78. The lowest BCUT2D eigenvalue weighted by atomic mass is 9.97. The zero-order chi connectivity index (χ0) is 11.0. The van der Waals surface area contributed by atoms with Gasteiger partial charge in [-0.05, 0) is 36.0 Å². The Morgan fingerprint density at radius 2 is 2.18 bits per heavy atom. The standard InChI is InChI=1S/C13H17N3.ClH/c14-12(13-15-7-8-16-13)11-6-2-4-9-3-1-5-10(9)11;/h2,4,6,12H,1,3,5,7-8,14H2,(H,15,16);1H. The summed E-state index contributed by atoms with van der Waals surface area (Å²) in [6.07, 6.45) is 3.64. The number of rotatable bonds is 2. The van der Waals surface area contributed by atoms with E-state index in [0.29, 0.717) is 0 Å². The molecule has 1 aliphatic heterocycles. The molecular formula is C13H18ClN3. The summed E-state index contributed by atoms with van der Waals surface area (Å²) in [6.45, 7) is 1.79. The third-order valence-electron chi connectivity index (χ3n) is 3.51. The third kappa shape index (κ3) is 2.17. The number of hydrogen-bond acceptors (Lipinski definition) is 3. The lowest BCUT2D eigenvalue weighted by Gasteiger charge is -2.16. The van der Waals surface area contributed by atoms with Crippen molar-refractivity contribution in [2.45, 2.75) is 25.3 Å². The Bertz CT molecular complexity index is 442. The highest BCUT2D eigenvalue weighted by atomic mass is 35.5. The van der Waals surface area contributed by atoms with Crippen LogP contribution in [-0.4, -0.2) is 18.9 Å². The first kappa shape index (κ1) is 12.4. The molecule has 1 atom stereocenters. The third-order valence-corrected chi connectivity index (χ3v) is 3.51. The molecule has 2 aliphatic rings. The molecule has 0 spiro atoms. The summed E-state index contributed by atoms with van der Waals surface area (Å²) < 4.78 is 0. The van der Waals surface area contributed by atoms with E-state index in [4.69, 9.17) is 5.73 Å². The van der Waals surface area contributed by atoms with Gasteiger partial charge in [0.25, 0.3) is 0 Å². The number of hydrogen-bond donors (Lipinski definition) is 2. The highest BCUT2D eigenvalue weighted by Crippen LogP contribution is 2.28. The molecule has 0 bridgehead atoms. The molecule has 4 heteroatoms. The molecule has 17 heavy (non-hydrogen) atoms. The van der Waals surface area contributed by atoms with Crippen LogP contribution in [-0.2, 0) is 12.8 Å². The second kappa shape index (κ2) is 5.07. The molecule has 0 fully saturated rings. The van der Waals surface area contributed by atoms with Gasteiger partial charge in [0.15, 0.2) is 0 Å². The van der Waals surface area contributed by atoms with E-state index < -0.39 is 0 Å². The van der Waals surface area contributed by atoms with Gasteiger partial charge in [0.2, 0.25) is 0 Å². The summed E-state index contributed by atoms with van der Waals surface area (Å²) in [7, 11) is 0. The van der Waals surface area contributed by atoms with E-state index in [1.807, 2.05) is 0 Å². The van der Waals surface area contributed by atoms with Crippen LogP contribution in [0.1, 0.15) is 29.2 Å². The Morgan fingerprint density at radius 1 is 1.29 bits per heavy atom. The number of benzene rings is 1. The maximum atomic E-state index is 6.28. The topological polar surface area (TPSA) is 50.4 Å². The van der Waals surface area contributed by atoms with E-state index in [1.54, 1.807) is 0 Å². The number of amidine groups is 1. The van der Waals surface area contributed by atoms with Crippen LogP contribution in [0.3, 0.4) is 0 Å². The molecule has 92 valence electrons. The Kier molecular flexibility index (Phi) is 3.69. The fourth-order valence-corrected chi connectivity index (χ4v) is 2.71. The minimum absolute atomic E-state index is 0. The van der Waals surface area contributed by atoms with Gasteiger partial charge in [0.1, 0.15) is 5.84 Å². The molecule has 0 saturated carbocycles. The summed E-state index contributed by atoms with van der Waals surface area (Å²) in [6, 6.07) is 6.44. The van der Waals surface area contributed by atoms with Gasteiger partial charge in [-0.3, -0.25) is 4.99 Å². The number of nitrogens with two attached hydrogens (primary N) is 1. The fraction of sp³-hybridized carbons (Fsp3) is 0.462. The molecule has 3 rings (SSSR count). The van der Waals surface area contributed by atoms with Gasteiger partial charge in [-0.1, -0.05) is 18.2 Å². The van der Waals surface area contributed by atoms with Crippen molar-refractivity contribution in [3.63, 3.8) is 0 Å². The zero-order valence-corrected chi connectivity index (χ0v) is 10.6. The highest BCUT2D eigenvalue weighted by molar-refractivity contribution is 5.90. The highest BCUT2D eigenvalue weighted by Gasteiger charge is 2.22.